The first-order chi connectivity index (χ1) is 9.15. The van der Waals surface area contributed by atoms with E-state index in [0.29, 0.717) is 11.7 Å². The van der Waals surface area contributed by atoms with Crippen molar-refractivity contribution in [2.45, 2.75) is 18.9 Å². The predicted molar refractivity (Wildman–Crippen MR) is 76.3 cm³/mol. The van der Waals surface area contributed by atoms with E-state index in [1.807, 2.05) is 0 Å². The summed E-state index contributed by atoms with van der Waals surface area (Å²) in [5.41, 5.74) is 0.777. The molecule has 6 nitrogen and oxygen atoms in total. The van der Waals surface area contributed by atoms with Crippen molar-refractivity contribution in [3.63, 3.8) is 0 Å². The lowest BCUT2D eigenvalue weighted by Gasteiger charge is -2.13. The zero-order valence-corrected chi connectivity index (χ0v) is 11.1. The molecule has 2 N–H and O–H groups in total. The molecule has 2 rings (SSSR count). The van der Waals surface area contributed by atoms with Crippen LogP contribution >= 0.6 is 12.2 Å². The lowest BCUT2D eigenvalue weighted by atomic mass is 10.2. The number of anilines is 1. The second kappa shape index (κ2) is 6.44. The number of nitrogens with zero attached hydrogens (tertiary/aromatic N) is 1. The Morgan fingerprint density at radius 1 is 1.47 bits per heavy atom. The Morgan fingerprint density at radius 2 is 2.21 bits per heavy atom. The Bertz CT molecular complexity index is 458. The van der Waals surface area contributed by atoms with Gasteiger partial charge in [0.05, 0.1) is 11.0 Å². The monoisotopic (exact) mass is 281 g/mol. The number of thiocarbonyl (C=S) groups is 1. The van der Waals surface area contributed by atoms with Gasteiger partial charge in [0.25, 0.3) is 5.69 Å². The summed E-state index contributed by atoms with van der Waals surface area (Å²) in [7, 11) is 0. The van der Waals surface area contributed by atoms with Crippen LogP contribution in [0.25, 0.3) is 0 Å². The van der Waals surface area contributed by atoms with Gasteiger partial charge in [-0.2, -0.15) is 0 Å². The van der Waals surface area contributed by atoms with Gasteiger partial charge in [-0.05, 0) is 37.2 Å². The van der Waals surface area contributed by atoms with Crippen LogP contribution in [0.4, 0.5) is 11.4 Å². The molecular formula is C12H15N3O3S. The predicted octanol–water partition coefficient (Wildman–Crippen LogP) is 2.06. The van der Waals surface area contributed by atoms with Gasteiger partial charge in [0, 0.05) is 31.0 Å². The summed E-state index contributed by atoms with van der Waals surface area (Å²) in [4.78, 5) is 10.1. The third-order valence-corrected chi connectivity index (χ3v) is 3.10. The summed E-state index contributed by atoms with van der Waals surface area (Å²) >= 11 is 5.14. The Kier molecular flexibility index (Phi) is 4.64. The number of nitrogens with one attached hydrogen (secondary N) is 2. The Labute approximate surface area is 116 Å². The first kappa shape index (κ1) is 13.7. The number of nitro benzene ring substituents is 1. The highest BCUT2D eigenvalue weighted by Crippen LogP contribution is 2.15. The van der Waals surface area contributed by atoms with Crippen molar-refractivity contribution in [1.82, 2.24) is 5.32 Å². The Morgan fingerprint density at radius 3 is 2.79 bits per heavy atom. The number of hydrogen-bond donors (Lipinski definition) is 2. The second-order valence-corrected chi connectivity index (χ2v) is 4.68. The molecule has 0 unspecified atom stereocenters. The first-order valence-electron chi connectivity index (χ1n) is 6.06. The zero-order chi connectivity index (χ0) is 13.7. The minimum atomic E-state index is -0.433. The average molecular weight is 281 g/mol. The molecule has 7 heteroatoms. The smallest absolute Gasteiger partial charge is 0.269 e. The highest BCUT2D eigenvalue weighted by atomic mass is 32.1. The Hall–Kier alpha value is -1.73. The molecule has 1 aromatic rings. The van der Waals surface area contributed by atoms with Crippen LogP contribution in [0, 0.1) is 10.1 Å². The maximum absolute atomic E-state index is 10.5. The maximum Gasteiger partial charge on any atom is 0.269 e. The highest BCUT2D eigenvalue weighted by molar-refractivity contribution is 7.80. The summed E-state index contributed by atoms with van der Waals surface area (Å²) in [5.74, 6) is 0. The van der Waals surface area contributed by atoms with E-state index in [0.717, 1.165) is 25.1 Å². The molecule has 1 aromatic carbocycles. The van der Waals surface area contributed by atoms with Gasteiger partial charge in [0.15, 0.2) is 5.11 Å². The van der Waals surface area contributed by atoms with Crippen LogP contribution in [0.2, 0.25) is 0 Å². The summed E-state index contributed by atoms with van der Waals surface area (Å²) < 4.78 is 5.47. The third kappa shape index (κ3) is 4.15. The van der Waals surface area contributed by atoms with Crippen LogP contribution in [-0.2, 0) is 4.74 Å². The molecule has 0 spiro atoms. The molecule has 0 aromatic heterocycles. The fourth-order valence-electron chi connectivity index (χ4n) is 1.85. The molecule has 1 fully saturated rings. The van der Waals surface area contributed by atoms with Gasteiger partial charge >= 0.3 is 0 Å². The summed E-state index contributed by atoms with van der Waals surface area (Å²) in [5, 5.41) is 17.1. The van der Waals surface area contributed by atoms with Crippen molar-refractivity contribution in [3.8, 4) is 0 Å². The number of benzene rings is 1. The highest BCUT2D eigenvalue weighted by Gasteiger charge is 2.15. The minimum absolute atomic E-state index is 0.0591. The molecule has 1 atom stereocenters. The second-order valence-electron chi connectivity index (χ2n) is 4.27. The molecule has 1 heterocycles. The molecule has 1 aliphatic heterocycles. The van der Waals surface area contributed by atoms with Crippen molar-refractivity contribution in [2.24, 2.45) is 0 Å². The molecule has 0 aliphatic carbocycles. The first-order valence-corrected chi connectivity index (χ1v) is 6.47. The van der Waals surface area contributed by atoms with E-state index in [1.54, 1.807) is 12.1 Å². The van der Waals surface area contributed by atoms with Crippen molar-refractivity contribution in [3.05, 3.63) is 34.4 Å². The third-order valence-electron chi connectivity index (χ3n) is 2.85. The molecule has 0 radical (unpaired) electrons. The fourth-order valence-corrected chi connectivity index (χ4v) is 2.05. The van der Waals surface area contributed by atoms with Crippen LogP contribution in [-0.4, -0.2) is 29.3 Å². The number of ether oxygens (including phenoxy) is 1. The van der Waals surface area contributed by atoms with E-state index in [9.17, 15) is 10.1 Å². The minimum Gasteiger partial charge on any atom is -0.376 e. The largest absolute Gasteiger partial charge is 0.376 e. The summed E-state index contributed by atoms with van der Waals surface area (Å²) in [6.07, 6.45) is 2.36. The molecule has 0 amide bonds. The van der Waals surface area contributed by atoms with E-state index in [-0.39, 0.29) is 11.8 Å². The lowest BCUT2D eigenvalue weighted by molar-refractivity contribution is -0.384. The number of hydrogen-bond acceptors (Lipinski definition) is 4. The van der Waals surface area contributed by atoms with Crippen LogP contribution in [0.5, 0.6) is 0 Å². The van der Waals surface area contributed by atoms with E-state index in [2.05, 4.69) is 10.6 Å². The number of rotatable bonds is 4. The summed E-state index contributed by atoms with van der Waals surface area (Å²) in [6, 6.07) is 6.12. The number of nitro groups is 1. The van der Waals surface area contributed by atoms with Gasteiger partial charge in [0.1, 0.15) is 0 Å². The van der Waals surface area contributed by atoms with Crippen LogP contribution in [0.3, 0.4) is 0 Å². The molecule has 0 saturated carbocycles. The van der Waals surface area contributed by atoms with Crippen molar-refractivity contribution in [2.75, 3.05) is 18.5 Å². The van der Waals surface area contributed by atoms with Gasteiger partial charge in [-0.1, -0.05) is 0 Å². The topological polar surface area (TPSA) is 76.4 Å². The zero-order valence-electron chi connectivity index (χ0n) is 10.3. The van der Waals surface area contributed by atoms with E-state index in [4.69, 9.17) is 17.0 Å². The molecule has 1 saturated heterocycles. The van der Waals surface area contributed by atoms with E-state index >= 15 is 0 Å². The van der Waals surface area contributed by atoms with Gasteiger partial charge in [0.2, 0.25) is 0 Å². The van der Waals surface area contributed by atoms with Gasteiger partial charge in [-0.15, -0.1) is 0 Å². The maximum atomic E-state index is 10.5. The number of non-ortho nitro benzene ring substituents is 1. The van der Waals surface area contributed by atoms with Crippen molar-refractivity contribution >= 4 is 28.7 Å². The Balaban J connectivity index is 1.79. The van der Waals surface area contributed by atoms with Gasteiger partial charge in [-0.25, -0.2) is 0 Å². The normalized spacial score (nSPS) is 18.0. The lowest BCUT2D eigenvalue weighted by Crippen LogP contribution is -2.34. The van der Waals surface area contributed by atoms with Crippen molar-refractivity contribution in [1.29, 1.82) is 0 Å². The average Bonchev–Trinajstić information content (AvgIpc) is 2.90. The van der Waals surface area contributed by atoms with Crippen LogP contribution in [0.15, 0.2) is 24.3 Å². The SMILES string of the molecule is O=[N+]([O-])c1ccc(NC(=S)NC[C@@H]2CCCO2)cc1. The molecule has 102 valence electrons. The fraction of sp³-hybridized carbons (Fsp3) is 0.417. The molecule has 1 aliphatic rings. The quantitative estimate of drug-likeness (QED) is 0.500. The molecular weight excluding hydrogens is 266 g/mol. The molecule has 19 heavy (non-hydrogen) atoms. The van der Waals surface area contributed by atoms with Gasteiger partial charge < -0.3 is 15.4 Å². The standard InChI is InChI=1S/C12H15N3O3S/c16-15(17)10-5-3-9(4-6-10)14-12(19)13-8-11-2-1-7-18-11/h3-6,11H,1-2,7-8H2,(H2,13,14,19)/t11-/m0/s1. The van der Waals surface area contributed by atoms with Crippen LogP contribution < -0.4 is 10.6 Å². The molecule has 0 bridgehead atoms. The van der Waals surface area contributed by atoms with Crippen molar-refractivity contribution < 1.29 is 9.66 Å². The summed E-state index contributed by atoms with van der Waals surface area (Å²) in [6.45, 7) is 1.49. The van der Waals surface area contributed by atoms with Gasteiger partial charge in [-0.3, -0.25) is 10.1 Å². The van der Waals surface area contributed by atoms with E-state index < -0.39 is 4.92 Å². The van der Waals surface area contributed by atoms with E-state index in [1.165, 1.54) is 12.1 Å². The van der Waals surface area contributed by atoms with Crippen LogP contribution in [0.1, 0.15) is 12.8 Å².